The zero-order valence-corrected chi connectivity index (χ0v) is 26.6. The lowest BCUT2D eigenvalue weighted by Gasteiger charge is -2.15. The largest absolute Gasteiger partial charge is 0.308 e. The maximum atomic E-state index is 8.91. The second kappa shape index (κ2) is 11.4. The fourth-order valence-corrected chi connectivity index (χ4v) is 7.14. The van der Waals surface area contributed by atoms with Crippen molar-refractivity contribution in [3.63, 3.8) is 0 Å². The topological polar surface area (TPSA) is 48.5 Å². The van der Waals surface area contributed by atoms with Gasteiger partial charge in [-0.05, 0) is 29.8 Å². The highest BCUT2D eigenvalue weighted by molar-refractivity contribution is 6.26. The Kier molecular flexibility index (Phi) is 5.35. The lowest BCUT2D eigenvalue weighted by molar-refractivity contribution is 0.953. The molecule has 0 atom stereocenters. The summed E-state index contributed by atoms with van der Waals surface area (Å²) in [4.78, 5) is 15.2. The van der Waals surface area contributed by atoms with Gasteiger partial charge in [0.15, 0.2) is 11.6 Å². The van der Waals surface area contributed by atoms with E-state index < -0.39 is 6.04 Å². The average molecular weight is 645 g/mol. The molecule has 3 aromatic heterocycles. The Labute approximate surface area is 295 Å². The molecule has 50 heavy (non-hydrogen) atoms. The number of fused-ring (bicyclic) bond motifs is 7. The van der Waals surface area contributed by atoms with Crippen molar-refractivity contribution in [2.45, 2.75) is 0 Å². The smallest absolute Gasteiger partial charge is 0.238 e. The zero-order chi connectivity index (χ0) is 37.4. The molecule has 10 rings (SSSR count). The van der Waals surface area contributed by atoms with E-state index in [1.165, 1.54) is 0 Å². The predicted octanol–water partition coefficient (Wildman–Crippen LogP) is 11.1. The normalized spacial score (nSPS) is 13.0. The van der Waals surface area contributed by atoms with Crippen LogP contribution in [0.4, 0.5) is 0 Å². The Morgan fingerprint density at radius 2 is 1.00 bits per heavy atom. The summed E-state index contributed by atoms with van der Waals surface area (Å²) in [6.07, 6.45) is 0. The van der Waals surface area contributed by atoms with Crippen LogP contribution >= 0.6 is 0 Å². The average Bonchev–Trinajstić information content (AvgIpc) is 3.76. The van der Waals surface area contributed by atoms with Gasteiger partial charge in [0, 0.05) is 38.2 Å². The lowest BCUT2D eigenvalue weighted by atomic mass is 10.0. The molecule has 234 valence electrons. The van der Waals surface area contributed by atoms with E-state index >= 15 is 0 Å². The van der Waals surface area contributed by atoms with Gasteiger partial charge < -0.3 is 4.57 Å². The van der Waals surface area contributed by atoms with Crippen molar-refractivity contribution in [2.75, 3.05) is 0 Å². The molecule has 0 unspecified atom stereocenters. The van der Waals surface area contributed by atoms with Crippen LogP contribution in [-0.4, -0.2) is 24.1 Å². The minimum absolute atomic E-state index is 0.147. The first kappa shape index (κ1) is 23.5. The first-order chi connectivity index (χ1) is 26.9. The molecular formula is C45H29N5. The Morgan fingerprint density at radius 1 is 0.420 bits per heavy atom. The van der Waals surface area contributed by atoms with E-state index in [0.717, 1.165) is 54.7 Å². The van der Waals surface area contributed by atoms with Crippen molar-refractivity contribution in [3.8, 4) is 45.5 Å². The van der Waals surface area contributed by atoms with Crippen molar-refractivity contribution in [1.82, 2.24) is 24.1 Å². The van der Waals surface area contributed by atoms with Gasteiger partial charge in [0.2, 0.25) is 5.95 Å². The molecular weight excluding hydrogens is 611 g/mol. The summed E-state index contributed by atoms with van der Waals surface area (Å²) in [5.41, 5.74) is 6.72. The first-order valence-corrected chi connectivity index (χ1v) is 16.4. The van der Waals surface area contributed by atoms with Gasteiger partial charge in [0.25, 0.3) is 0 Å². The Bertz CT molecular complexity index is 3070. The van der Waals surface area contributed by atoms with Gasteiger partial charge in [0.05, 0.1) is 34.6 Å². The number of rotatable bonds is 5. The molecule has 0 saturated carbocycles. The Morgan fingerprint density at radius 3 is 1.70 bits per heavy atom. The van der Waals surface area contributed by atoms with Crippen LogP contribution in [0.3, 0.4) is 0 Å². The summed E-state index contributed by atoms with van der Waals surface area (Å²) in [6.45, 7) is 0. The van der Waals surface area contributed by atoms with E-state index in [4.69, 9.17) is 21.8 Å². The van der Waals surface area contributed by atoms with Crippen LogP contribution in [-0.2, 0) is 0 Å². The van der Waals surface area contributed by atoms with Crippen LogP contribution in [0.2, 0.25) is 0 Å². The number of aromatic nitrogens is 5. The molecule has 0 fully saturated rings. The molecule has 0 spiro atoms. The highest BCUT2D eigenvalue weighted by atomic mass is 15.2. The quantitative estimate of drug-likeness (QED) is 0.187. The van der Waals surface area contributed by atoms with E-state index in [-0.39, 0.29) is 29.7 Å². The number of nitrogens with zero attached hydrogens (tertiary/aromatic N) is 5. The highest BCUT2D eigenvalue weighted by Gasteiger charge is 2.23. The van der Waals surface area contributed by atoms with Gasteiger partial charge in [-0.15, -0.1) is 0 Å². The van der Waals surface area contributed by atoms with Crippen LogP contribution < -0.4 is 0 Å². The van der Waals surface area contributed by atoms with Gasteiger partial charge in [-0.25, -0.2) is 4.98 Å². The molecule has 7 aromatic carbocycles. The number of hydrogen-bond donors (Lipinski definition) is 0. The van der Waals surface area contributed by atoms with Crippen molar-refractivity contribution >= 4 is 43.6 Å². The van der Waals surface area contributed by atoms with E-state index in [2.05, 4.69) is 45.5 Å². The molecule has 0 bridgehead atoms. The molecule has 5 heteroatoms. The standard InChI is InChI=1S/C45H29N5/c1-4-16-30(17-5-1)33-22-10-13-25-37(33)49-38-26-14-11-23-34(38)35-28-29-40-41(42(35)49)36-24-12-15-27-39(36)50(40)45-47-43(31-18-6-2-7-19-31)46-44(48-45)32-20-8-3-9-21-32/h1-29H/i1D,4D,5D,16D,17D. The molecule has 0 saturated heterocycles. The third-order valence-electron chi connectivity index (χ3n) is 9.27. The summed E-state index contributed by atoms with van der Waals surface area (Å²) in [6, 6.07) is 46.3. The van der Waals surface area contributed by atoms with Crippen molar-refractivity contribution < 1.29 is 6.85 Å². The molecule has 0 aliphatic rings. The molecule has 0 aliphatic carbocycles. The van der Waals surface area contributed by atoms with E-state index in [0.29, 0.717) is 28.8 Å². The van der Waals surface area contributed by atoms with Crippen LogP contribution in [0.1, 0.15) is 6.85 Å². The van der Waals surface area contributed by atoms with Crippen LogP contribution in [0.25, 0.3) is 89.2 Å². The summed E-state index contributed by atoms with van der Waals surface area (Å²) >= 11 is 0. The van der Waals surface area contributed by atoms with Gasteiger partial charge in [-0.2, -0.15) is 9.97 Å². The molecule has 10 aromatic rings. The SMILES string of the molecule is [2H]c1c([2H])c([2H])c(-c2ccccc2-n2c3ccccc3c3ccc4c(c5ccccc5n4-c4nc(-c5ccccc5)nc(-c5ccccc5)n4)c32)c([2H])c1[2H]. The van der Waals surface area contributed by atoms with Gasteiger partial charge in [-0.1, -0.05) is 152 Å². The van der Waals surface area contributed by atoms with Crippen molar-refractivity contribution in [2.24, 2.45) is 0 Å². The third-order valence-corrected chi connectivity index (χ3v) is 9.27. The summed E-state index contributed by atoms with van der Waals surface area (Å²) in [7, 11) is 0. The summed E-state index contributed by atoms with van der Waals surface area (Å²) in [5, 5.41) is 3.97. The Hall–Kier alpha value is -6.85. The van der Waals surface area contributed by atoms with Crippen molar-refractivity contribution in [3.05, 3.63) is 176 Å². The highest BCUT2D eigenvalue weighted by Crippen LogP contribution is 2.43. The fourth-order valence-electron chi connectivity index (χ4n) is 7.14. The molecule has 5 nitrogen and oxygen atoms in total. The van der Waals surface area contributed by atoms with E-state index in [1.807, 2.05) is 109 Å². The molecule has 3 heterocycles. The second-order valence-electron chi connectivity index (χ2n) is 12.1. The fraction of sp³-hybridized carbons (Fsp3) is 0. The van der Waals surface area contributed by atoms with Gasteiger partial charge in [0.1, 0.15) is 0 Å². The first-order valence-electron chi connectivity index (χ1n) is 18.9. The molecule has 0 aliphatic heterocycles. The monoisotopic (exact) mass is 644 g/mol. The van der Waals surface area contributed by atoms with Gasteiger partial charge >= 0.3 is 0 Å². The van der Waals surface area contributed by atoms with Crippen LogP contribution in [0, 0.1) is 0 Å². The van der Waals surface area contributed by atoms with E-state index in [1.54, 1.807) is 0 Å². The number of benzene rings is 7. The van der Waals surface area contributed by atoms with Crippen molar-refractivity contribution in [1.29, 1.82) is 0 Å². The molecule has 0 radical (unpaired) electrons. The molecule has 0 amide bonds. The maximum Gasteiger partial charge on any atom is 0.238 e. The lowest BCUT2D eigenvalue weighted by Crippen LogP contribution is -2.06. The number of hydrogen-bond acceptors (Lipinski definition) is 3. The summed E-state index contributed by atoms with van der Waals surface area (Å²) in [5.74, 6) is 1.58. The van der Waals surface area contributed by atoms with Crippen LogP contribution in [0.15, 0.2) is 176 Å². The second-order valence-corrected chi connectivity index (χ2v) is 12.1. The Balaban J connectivity index is 1.34. The zero-order valence-electron chi connectivity index (χ0n) is 31.6. The minimum atomic E-state index is -0.424. The predicted molar refractivity (Wildman–Crippen MR) is 205 cm³/mol. The number of para-hydroxylation sites is 3. The third kappa shape index (κ3) is 4.37. The maximum absolute atomic E-state index is 8.91. The summed E-state index contributed by atoms with van der Waals surface area (Å²) < 4.78 is 47.3. The minimum Gasteiger partial charge on any atom is -0.308 e. The van der Waals surface area contributed by atoms with E-state index in [9.17, 15) is 0 Å². The van der Waals surface area contributed by atoms with Gasteiger partial charge in [-0.3, -0.25) is 4.57 Å². The molecule has 0 N–H and O–H groups in total. The van der Waals surface area contributed by atoms with Crippen LogP contribution in [0.5, 0.6) is 0 Å².